The Labute approximate surface area is 71.3 Å². The minimum Gasteiger partial charge on any atom is -0.382 e. The van der Waals surface area contributed by atoms with E-state index in [1.54, 1.807) is 0 Å². The molecule has 0 amide bonds. The van der Waals surface area contributed by atoms with Crippen molar-refractivity contribution in [2.45, 2.75) is 25.2 Å². The van der Waals surface area contributed by atoms with Crippen LogP contribution in [0.1, 0.15) is 30.9 Å². The van der Waals surface area contributed by atoms with Gasteiger partial charge in [-0.1, -0.05) is 0 Å². The normalized spacial score (nSPS) is 33.7. The first-order valence-corrected chi connectivity index (χ1v) is 4.65. The van der Waals surface area contributed by atoms with Crippen LogP contribution < -0.4 is 5.73 Å². The first kappa shape index (κ1) is 6.52. The number of hydrogen-bond donors (Lipinski definition) is 2. The predicted octanol–water partition coefficient (Wildman–Crippen LogP) is 1.51. The van der Waals surface area contributed by atoms with Gasteiger partial charge < -0.3 is 5.73 Å². The SMILES string of the molecule is Nc1cc(C2CC2C2CC2)[nH]n1. The van der Waals surface area contributed by atoms with Crippen molar-refractivity contribution in [1.29, 1.82) is 0 Å². The summed E-state index contributed by atoms with van der Waals surface area (Å²) in [5.74, 6) is 3.36. The van der Waals surface area contributed by atoms with Crippen molar-refractivity contribution in [3.8, 4) is 0 Å². The predicted molar refractivity (Wildman–Crippen MR) is 46.6 cm³/mol. The minimum absolute atomic E-state index is 0.631. The van der Waals surface area contributed by atoms with Gasteiger partial charge in [0.25, 0.3) is 0 Å². The highest BCUT2D eigenvalue weighted by Crippen LogP contribution is 2.58. The van der Waals surface area contributed by atoms with Gasteiger partial charge in [0.2, 0.25) is 0 Å². The number of nitrogens with two attached hydrogens (primary N) is 1. The zero-order valence-electron chi connectivity index (χ0n) is 6.96. The fraction of sp³-hybridized carbons (Fsp3) is 0.667. The molecule has 0 spiro atoms. The summed E-state index contributed by atoms with van der Waals surface area (Å²) in [4.78, 5) is 0. The molecule has 0 aliphatic heterocycles. The molecule has 2 unspecified atom stereocenters. The number of nitrogen functional groups attached to an aromatic ring is 1. The zero-order valence-corrected chi connectivity index (χ0v) is 6.96. The third-order valence-corrected chi connectivity index (χ3v) is 3.08. The number of H-pyrrole nitrogens is 1. The van der Waals surface area contributed by atoms with E-state index in [1.807, 2.05) is 6.07 Å². The lowest BCUT2D eigenvalue weighted by Crippen LogP contribution is -1.85. The molecule has 1 aromatic rings. The average Bonchev–Trinajstić information content (AvgIpc) is 2.92. The van der Waals surface area contributed by atoms with Crippen molar-refractivity contribution >= 4 is 5.82 Å². The van der Waals surface area contributed by atoms with Crippen LogP contribution in [0.15, 0.2) is 6.07 Å². The lowest BCUT2D eigenvalue weighted by molar-refractivity contribution is 0.683. The van der Waals surface area contributed by atoms with Crippen LogP contribution in [0.5, 0.6) is 0 Å². The number of anilines is 1. The molecule has 3 rings (SSSR count). The Hall–Kier alpha value is -0.990. The Bertz CT molecular complexity index is 300. The maximum Gasteiger partial charge on any atom is 0.145 e. The van der Waals surface area contributed by atoms with Crippen LogP contribution in [0.3, 0.4) is 0 Å². The maximum atomic E-state index is 5.54. The Morgan fingerprint density at radius 3 is 2.92 bits per heavy atom. The van der Waals surface area contributed by atoms with Crippen molar-refractivity contribution in [2.75, 3.05) is 5.73 Å². The van der Waals surface area contributed by atoms with Gasteiger partial charge in [-0.15, -0.1) is 0 Å². The third-order valence-electron chi connectivity index (χ3n) is 3.08. The van der Waals surface area contributed by atoms with Crippen LogP contribution in [-0.4, -0.2) is 10.2 Å². The van der Waals surface area contributed by atoms with Crippen LogP contribution >= 0.6 is 0 Å². The molecule has 1 aromatic heterocycles. The maximum absolute atomic E-state index is 5.54. The molecule has 3 heteroatoms. The second-order valence-corrected chi connectivity index (χ2v) is 4.09. The molecule has 2 saturated carbocycles. The van der Waals surface area contributed by atoms with Gasteiger partial charge in [-0.25, -0.2) is 0 Å². The first-order valence-electron chi connectivity index (χ1n) is 4.65. The molecule has 3 nitrogen and oxygen atoms in total. The molecule has 2 fully saturated rings. The number of hydrogen-bond acceptors (Lipinski definition) is 2. The van der Waals surface area contributed by atoms with Gasteiger partial charge in [0, 0.05) is 17.7 Å². The molecule has 0 saturated heterocycles. The molecule has 12 heavy (non-hydrogen) atoms. The van der Waals surface area contributed by atoms with Crippen LogP contribution in [0.2, 0.25) is 0 Å². The van der Waals surface area contributed by atoms with Crippen LogP contribution in [0.4, 0.5) is 5.82 Å². The molecule has 64 valence electrons. The molecular formula is C9H13N3. The third kappa shape index (κ3) is 0.924. The Morgan fingerprint density at radius 2 is 2.33 bits per heavy atom. The number of nitrogens with zero attached hydrogens (tertiary/aromatic N) is 1. The summed E-state index contributed by atoms with van der Waals surface area (Å²) >= 11 is 0. The van der Waals surface area contributed by atoms with E-state index in [9.17, 15) is 0 Å². The quantitative estimate of drug-likeness (QED) is 0.694. The van der Waals surface area contributed by atoms with E-state index in [0.29, 0.717) is 5.82 Å². The molecule has 0 bridgehead atoms. The van der Waals surface area contributed by atoms with Crippen molar-refractivity contribution in [3.05, 3.63) is 11.8 Å². The molecule has 1 heterocycles. The van der Waals surface area contributed by atoms with E-state index in [-0.39, 0.29) is 0 Å². The fourth-order valence-corrected chi connectivity index (χ4v) is 2.16. The Kier molecular flexibility index (Phi) is 1.10. The van der Waals surface area contributed by atoms with Crippen LogP contribution in [0, 0.1) is 11.8 Å². The first-order chi connectivity index (χ1) is 5.84. The zero-order chi connectivity index (χ0) is 8.13. The second kappa shape index (κ2) is 2.03. The smallest absolute Gasteiger partial charge is 0.145 e. The molecule has 2 aliphatic carbocycles. The summed E-state index contributed by atoms with van der Waals surface area (Å²) in [5.41, 5.74) is 6.79. The molecule has 3 N–H and O–H groups in total. The number of rotatable bonds is 2. The molecule has 0 aromatic carbocycles. The van der Waals surface area contributed by atoms with E-state index in [1.165, 1.54) is 25.0 Å². The molecule has 2 atom stereocenters. The van der Waals surface area contributed by atoms with Gasteiger partial charge in [-0.2, -0.15) is 5.10 Å². The highest BCUT2D eigenvalue weighted by atomic mass is 15.2. The summed E-state index contributed by atoms with van der Waals surface area (Å²) in [6.07, 6.45) is 4.25. The van der Waals surface area contributed by atoms with Gasteiger partial charge in [-0.3, -0.25) is 5.10 Å². The van der Waals surface area contributed by atoms with Crippen LogP contribution in [0.25, 0.3) is 0 Å². The summed E-state index contributed by atoms with van der Waals surface area (Å²) in [7, 11) is 0. The summed E-state index contributed by atoms with van der Waals surface area (Å²) in [6, 6.07) is 1.98. The number of nitrogens with one attached hydrogen (secondary N) is 1. The van der Waals surface area contributed by atoms with Gasteiger partial charge in [0.05, 0.1) is 0 Å². The fourth-order valence-electron chi connectivity index (χ4n) is 2.16. The highest BCUT2D eigenvalue weighted by Gasteiger charge is 2.48. The second-order valence-electron chi connectivity index (χ2n) is 4.09. The van der Waals surface area contributed by atoms with Crippen molar-refractivity contribution in [2.24, 2.45) is 11.8 Å². The Balaban J connectivity index is 1.75. The lowest BCUT2D eigenvalue weighted by Gasteiger charge is -1.91. The van der Waals surface area contributed by atoms with Crippen molar-refractivity contribution in [1.82, 2.24) is 10.2 Å². The largest absolute Gasteiger partial charge is 0.382 e. The Morgan fingerprint density at radius 1 is 1.50 bits per heavy atom. The standard InChI is InChI=1S/C9H13N3/c10-9-4-8(11-12-9)7-3-6(7)5-1-2-5/h4-7H,1-3H2,(H3,10,11,12). The van der Waals surface area contributed by atoms with E-state index in [0.717, 1.165) is 17.8 Å². The van der Waals surface area contributed by atoms with E-state index < -0.39 is 0 Å². The van der Waals surface area contributed by atoms with Gasteiger partial charge in [-0.05, 0) is 31.1 Å². The minimum atomic E-state index is 0.631. The van der Waals surface area contributed by atoms with Crippen LogP contribution in [-0.2, 0) is 0 Å². The van der Waals surface area contributed by atoms with E-state index >= 15 is 0 Å². The van der Waals surface area contributed by atoms with E-state index in [2.05, 4.69) is 10.2 Å². The summed E-state index contributed by atoms with van der Waals surface area (Å²) < 4.78 is 0. The summed E-state index contributed by atoms with van der Waals surface area (Å²) in [6.45, 7) is 0. The van der Waals surface area contributed by atoms with Crippen molar-refractivity contribution < 1.29 is 0 Å². The monoisotopic (exact) mass is 163 g/mol. The summed E-state index contributed by atoms with van der Waals surface area (Å²) in [5, 5.41) is 6.95. The van der Waals surface area contributed by atoms with Gasteiger partial charge in [0.1, 0.15) is 5.82 Å². The van der Waals surface area contributed by atoms with Crippen molar-refractivity contribution in [3.63, 3.8) is 0 Å². The number of aromatic nitrogens is 2. The lowest BCUT2D eigenvalue weighted by atomic mass is 10.2. The average molecular weight is 163 g/mol. The topological polar surface area (TPSA) is 54.7 Å². The van der Waals surface area contributed by atoms with Gasteiger partial charge >= 0.3 is 0 Å². The van der Waals surface area contributed by atoms with Gasteiger partial charge in [0.15, 0.2) is 0 Å². The van der Waals surface area contributed by atoms with E-state index in [4.69, 9.17) is 5.73 Å². The number of aromatic amines is 1. The molecular weight excluding hydrogens is 150 g/mol. The molecule has 0 radical (unpaired) electrons. The molecule has 2 aliphatic rings. The highest BCUT2D eigenvalue weighted by molar-refractivity contribution is 5.33.